The zero-order valence-corrected chi connectivity index (χ0v) is 11.6. The molecule has 2 N–H and O–H groups in total. The quantitative estimate of drug-likeness (QED) is 0.828. The van der Waals surface area contributed by atoms with Crippen molar-refractivity contribution >= 4 is 17.8 Å². The van der Waals surface area contributed by atoms with Crippen LogP contribution in [0, 0.1) is 6.92 Å². The first kappa shape index (κ1) is 13.1. The fraction of sp³-hybridized carbons (Fsp3) is 0.0588. The molecular weight excluding hydrogens is 262 g/mol. The number of amidine groups is 1. The highest BCUT2D eigenvalue weighted by Gasteiger charge is 2.17. The van der Waals surface area contributed by atoms with Gasteiger partial charge in [-0.25, -0.2) is 4.99 Å². The van der Waals surface area contributed by atoms with E-state index in [1.807, 2.05) is 61.5 Å². The number of rotatable bonds is 2. The van der Waals surface area contributed by atoms with E-state index in [-0.39, 0.29) is 5.91 Å². The van der Waals surface area contributed by atoms with Crippen molar-refractivity contribution in [3.8, 4) is 0 Å². The minimum absolute atomic E-state index is 0.241. The highest BCUT2D eigenvalue weighted by atomic mass is 16.2. The van der Waals surface area contributed by atoms with Gasteiger partial charge in [-0.1, -0.05) is 60.2 Å². The number of hydrogen-bond donors (Lipinski definition) is 2. The summed E-state index contributed by atoms with van der Waals surface area (Å²) in [4.78, 5) is 16.3. The molecule has 3 rings (SSSR count). The summed E-state index contributed by atoms with van der Waals surface area (Å²) in [5.41, 5.74) is 8.88. The van der Waals surface area contributed by atoms with E-state index in [2.05, 4.69) is 15.8 Å². The van der Waals surface area contributed by atoms with Gasteiger partial charge in [-0.05, 0) is 18.6 Å². The summed E-state index contributed by atoms with van der Waals surface area (Å²) in [6.07, 6.45) is 1.78. The normalized spacial score (nSPS) is 16.1. The monoisotopic (exact) mass is 277 g/mol. The molecule has 104 valence electrons. The van der Waals surface area contributed by atoms with Crippen LogP contribution in [0.4, 0.5) is 0 Å². The Bertz CT molecular complexity index is 715. The first-order valence-corrected chi connectivity index (χ1v) is 6.71. The van der Waals surface area contributed by atoms with Crippen molar-refractivity contribution in [2.24, 2.45) is 4.99 Å². The number of amides is 1. The summed E-state index contributed by atoms with van der Waals surface area (Å²) in [6.45, 7) is 2.03. The van der Waals surface area contributed by atoms with Crippen molar-refractivity contribution in [2.45, 2.75) is 6.92 Å². The van der Waals surface area contributed by atoms with Gasteiger partial charge in [-0.2, -0.15) is 0 Å². The molecule has 2 aromatic carbocycles. The number of nitrogens with zero attached hydrogens (tertiary/aromatic N) is 1. The van der Waals surface area contributed by atoms with Crippen LogP contribution in [0.25, 0.3) is 6.08 Å². The van der Waals surface area contributed by atoms with Crippen molar-refractivity contribution in [1.29, 1.82) is 0 Å². The lowest BCUT2D eigenvalue weighted by molar-refractivity contribution is -0.118. The number of benzene rings is 2. The van der Waals surface area contributed by atoms with Crippen LogP contribution >= 0.6 is 0 Å². The average molecular weight is 277 g/mol. The lowest BCUT2D eigenvalue weighted by Crippen LogP contribution is -2.46. The van der Waals surface area contributed by atoms with Crippen molar-refractivity contribution in [3.05, 3.63) is 77.0 Å². The molecule has 1 aliphatic rings. The predicted octanol–water partition coefficient (Wildman–Crippen LogP) is 2.42. The van der Waals surface area contributed by atoms with Gasteiger partial charge in [0.05, 0.1) is 0 Å². The molecule has 1 amide bonds. The van der Waals surface area contributed by atoms with Crippen LogP contribution in [-0.2, 0) is 4.79 Å². The van der Waals surface area contributed by atoms with Gasteiger partial charge < -0.3 is 0 Å². The van der Waals surface area contributed by atoms with E-state index in [1.54, 1.807) is 6.08 Å². The van der Waals surface area contributed by atoms with Crippen LogP contribution in [0.3, 0.4) is 0 Å². The van der Waals surface area contributed by atoms with E-state index in [1.165, 1.54) is 5.56 Å². The zero-order valence-electron chi connectivity index (χ0n) is 11.6. The van der Waals surface area contributed by atoms with Gasteiger partial charge in [0, 0.05) is 5.56 Å². The van der Waals surface area contributed by atoms with E-state index in [4.69, 9.17) is 0 Å². The van der Waals surface area contributed by atoms with E-state index >= 15 is 0 Å². The average Bonchev–Trinajstić information content (AvgIpc) is 2.52. The summed E-state index contributed by atoms with van der Waals surface area (Å²) >= 11 is 0. The second kappa shape index (κ2) is 5.63. The van der Waals surface area contributed by atoms with Crippen LogP contribution in [0.1, 0.15) is 16.7 Å². The van der Waals surface area contributed by atoms with Gasteiger partial charge in [-0.3, -0.25) is 15.6 Å². The highest BCUT2D eigenvalue weighted by Crippen LogP contribution is 2.13. The minimum atomic E-state index is -0.241. The van der Waals surface area contributed by atoms with Gasteiger partial charge in [0.1, 0.15) is 5.70 Å². The molecule has 1 heterocycles. The Labute approximate surface area is 123 Å². The molecule has 0 unspecified atom stereocenters. The maximum atomic E-state index is 11.9. The number of hydrazine groups is 1. The Morgan fingerprint density at radius 3 is 2.38 bits per heavy atom. The molecule has 4 nitrogen and oxygen atoms in total. The number of aliphatic imine (C=N–C) groups is 1. The molecule has 0 atom stereocenters. The van der Waals surface area contributed by atoms with Crippen molar-refractivity contribution in [3.63, 3.8) is 0 Å². The van der Waals surface area contributed by atoms with Crippen molar-refractivity contribution in [1.82, 2.24) is 10.9 Å². The number of carbonyl (C=O) groups excluding carboxylic acids is 1. The molecule has 0 aliphatic carbocycles. The number of carbonyl (C=O) groups is 1. The third-order valence-electron chi connectivity index (χ3n) is 3.19. The number of aryl methyl sites for hydroxylation is 1. The molecule has 1 aliphatic heterocycles. The topological polar surface area (TPSA) is 53.5 Å². The molecule has 0 spiro atoms. The summed E-state index contributed by atoms with van der Waals surface area (Å²) in [6, 6.07) is 17.6. The largest absolute Gasteiger partial charge is 0.288 e. The zero-order chi connectivity index (χ0) is 14.7. The first-order chi connectivity index (χ1) is 10.2. The minimum Gasteiger partial charge on any atom is -0.281 e. The summed E-state index contributed by atoms with van der Waals surface area (Å²) in [5, 5.41) is 0. The molecule has 0 bridgehead atoms. The van der Waals surface area contributed by atoms with Gasteiger partial charge in [0.2, 0.25) is 0 Å². The van der Waals surface area contributed by atoms with Crippen LogP contribution in [-0.4, -0.2) is 11.7 Å². The molecule has 2 aromatic rings. The van der Waals surface area contributed by atoms with E-state index in [0.29, 0.717) is 11.5 Å². The van der Waals surface area contributed by atoms with Gasteiger partial charge in [0.15, 0.2) is 5.84 Å². The van der Waals surface area contributed by atoms with Crippen molar-refractivity contribution < 1.29 is 4.79 Å². The molecule has 21 heavy (non-hydrogen) atoms. The molecule has 0 saturated heterocycles. The van der Waals surface area contributed by atoms with Crippen LogP contribution in [0.5, 0.6) is 0 Å². The third kappa shape index (κ3) is 3.00. The maximum absolute atomic E-state index is 11.9. The fourth-order valence-electron chi connectivity index (χ4n) is 2.03. The van der Waals surface area contributed by atoms with E-state index < -0.39 is 0 Å². The maximum Gasteiger partial charge on any atom is 0.288 e. The molecule has 0 fully saturated rings. The van der Waals surface area contributed by atoms with Gasteiger partial charge in [-0.15, -0.1) is 0 Å². The second-order valence-corrected chi connectivity index (χ2v) is 4.85. The first-order valence-electron chi connectivity index (χ1n) is 6.71. The SMILES string of the molecule is Cc1ccc(/C=C2\N=C(c3ccccc3)NNC2=O)cc1. The van der Waals surface area contributed by atoms with Crippen LogP contribution < -0.4 is 10.9 Å². The third-order valence-corrected chi connectivity index (χ3v) is 3.19. The van der Waals surface area contributed by atoms with Crippen LogP contribution in [0.2, 0.25) is 0 Å². The highest BCUT2D eigenvalue weighted by molar-refractivity contribution is 6.09. The van der Waals surface area contributed by atoms with Gasteiger partial charge >= 0.3 is 0 Å². The second-order valence-electron chi connectivity index (χ2n) is 4.85. The van der Waals surface area contributed by atoms with Gasteiger partial charge in [0.25, 0.3) is 5.91 Å². The Balaban J connectivity index is 1.96. The number of hydrogen-bond acceptors (Lipinski definition) is 3. The standard InChI is InChI=1S/C17H15N3O/c1-12-7-9-13(10-8-12)11-15-17(21)20-19-16(18-15)14-5-3-2-4-6-14/h2-11H,1H3,(H,18,19)(H,20,21)/b15-11-. The molecule has 4 heteroatoms. The molecule has 0 aromatic heterocycles. The van der Waals surface area contributed by atoms with Crippen LogP contribution in [0.15, 0.2) is 65.3 Å². The van der Waals surface area contributed by atoms with E-state index in [9.17, 15) is 4.79 Å². The summed E-state index contributed by atoms with van der Waals surface area (Å²) in [5.74, 6) is 0.392. The Kier molecular flexibility index (Phi) is 3.51. The lowest BCUT2D eigenvalue weighted by Gasteiger charge is -2.17. The predicted molar refractivity (Wildman–Crippen MR) is 83.4 cm³/mol. The summed E-state index contributed by atoms with van der Waals surface area (Å²) in [7, 11) is 0. The van der Waals surface area contributed by atoms with E-state index in [0.717, 1.165) is 11.1 Å². The Morgan fingerprint density at radius 2 is 1.67 bits per heavy atom. The molecule has 0 radical (unpaired) electrons. The Morgan fingerprint density at radius 1 is 0.952 bits per heavy atom. The Hall–Kier alpha value is -2.88. The number of nitrogens with one attached hydrogen (secondary N) is 2. The summed E-state index contributed by atoms with van der Waals surface area (Å²) < 4.78 is 0. The molecule has 0 saturated carbocycles. The lowest BCUT2D eigenvalue weighted by atomic mass is 10.1. The smallest absolute Gasteiger partial charge is 0.281 e. The molecular formula is C17H15N3O. The van der Waals surface area contributed by atoms with Crippen molar-refractivity contribution in [2.75, 3.05) is 0 Å². The fourth-order valence-corrected chi connectivity index (χ4v) is 2.03.